The molecule has 0 heterocycles. The van der Waals surface area contributed by atoms with Crippen LogP contribution in [0, 0.1) is 0 Å². The van der Waals surface area contributed by atoms with Crippen molar-refractivity contribution < 1.29 is 9.94 Å². The van der Waals surface area contributed by atoms with E-state index in [9.17, 15) is 0 Å². The van der Waals surface area contributed by atoms with E-state index in [0.717, 1.165) is 12.8 Å². The van der Waals surface area contributed by atoms with E-state index in [1.807, 2.05) is 0 Å². The third kappa shape index (κ3) is 9.28. The van der Waals surface area contributed by atoms with Gasteiger partial charge in [0.05, 0.1) is 6.61 Å². The van der Waals surface area contributed by atoms with Crippen LogP contribution in [0.3, 0.4) is 0 Å². The van der Waals surface area contributed by atoms with Gasteiger partial charge in [-0.05, 0) is 12.8 Å². The largest absolute Gasteiger partial charge is 0.396 e. The standard InChI is InChI=1S/C4H11NO2.H3N/c5-7-4-2-1-3-6;/h6H,1-5H2;1H3. The molecule has 0 amide bonds. The van der Waals surface area contributed by atoms with Crippen molar-refractivity contribution in [2.45, 2.75) is 12.8 Å². The molecule has 0 bridgehead atoms. The fourth-order valence-electron chi connectivity index (χ4n) is 0.297. The molecule has 0 rings (SSSR count). The van der Waals surface area contributed by atoms with Gasteiger partial charge in [0.2, 0.25) is 0 Å². The Morgan fingerprint density at radius 2 is 2.00 bits per heavy atom. The normalized spacial score (nSPS) is 8.25. The van der Waals surface area contributed by atoms with Crippen LogP contribution >= 0.6 is 0 Å². The maximum atomic E-state index is 8.20. The van der Waals surface area contributed by atoms with E-state index in [0.29, 0.717) is 6.61 Å². The summed E-state index contributed by atoms with van der Waals surface area (Å²) in [5.41, 5.74) is 0. The van der Waals surface area contributed by atoms with Crippen LogP contribution in [-0.2, 0) is 4.84 Å². The summed E-state index contributed by atoms with van der Waals surface area (Å²) in [6.07, 6.45) is 1.62. The van der Waals surface area contributed by atoms with Crippen LogP contribution in [0.4, 0.5) is 0 Å². The van der Waals surface area contributed by atoms with Crippen molar-refractivity contribution in [2.24, 2.45) is 5.90 Å². The lowest BCUT2D eigenvalue weighted by Crippen LogP contribution is -2.00. The van der Waals surface area contributed by atoms with Gasteiger partial charge in [0.25, 0.3) is 0 Å². The molecule has 52 valence electrons. The molecule has 4 heteroatoms. The minimum Gasteiger partial charge on any atom is -0.396 e. The topological polar surface area (TPSA) is 90.5 Å². The van der Waals surface area contributed by atoms with E-state index in [4.69, 9.17) is 5.11 Å². The zero-order chi connectivity index (χ0) is 5.54. The number of nitrogens with two attached hydrogens (primary N) is 1. The van der Waals surface area contributed by atoms with Crippen molar-refractivity contribution in [3.8, 4) is 0 Å². The highest BCUT2D eigenvalue weighted by Crippen LogP contribution is 1.83. The Labute approximate surface area is 49.2 Å². The van der Waals surface area contributed by atoms with Crippen LogP contribution in [0.15, 0.2) is 0 Å². The molecule has 0 aliphatic carbocycles. The Bertz CT molecular complexity index is 31.2. The number of aliphatic hydroxyl groups is 1. The quantitative estimate of drug-likeness (QED) is 0.356. The van der Waals surface area contributed by atoms with Gasteiger partial charge in [-0.3, -0.25) is 0 Å². The molecule has 0 aromatic rings. The molecular formula is C4H14N2O2. The lowest BCUT2D eigenvalue weighted by Gasteiger charge is -1.91. The molecule has 0 saturated heterocycles. The molecule has 6 N–H and O–H groups in total. The van der Waals surface area contributed by atoms with Crippen molar-refractivity contribution in [3.63, 3.8) is 0 Å². The summed E-state index contributed by atoms with van der Waals surface area (Å²) in [4.78, 5) is 4.23. The minimum atomic E-state index is 0. The molecule has 0 aliphatic heterocycles. The van der Waals surface area contributed by atoms with Crippen molar-refractivity contribution >= 4 is 0 Å². The highest BCUT2D eigenvalue weighted by molar-refractivity contribution is 4.32. The van der Waals surface area contributed by atoms with Gasteiger partial charge in [-0.25, -0.2) is 5.90 Å². The van der Waals surface area contributed by atoms with Crippen LogP contribution in [0.2, 0.25) is 0 Å². The monoisotopic (exact) mass is 122 g/mol. The predicted octanol–water partition coefficient (Wildman–Crippen LogP) is -0.189. The second-order valence-corrected chi connectivity index (χ2v) is 1.30. The fraction of sp³-hybridized carbons (Fsp3) is 1.00. The Balaban J connectivity index is 0. The summed E-state index contributed by atoms with van der Waals surface area (Å²) in [7, 11) is 0. The van der Waals surface area contributed by atoms with Gasteiger partial charge in [0, 0.05) is 6.61 Å². The van der Waals surface area contributed by atoms with E-state index >= 15 is 0 Å². The zero-order valence-electron chi connectivity index (χ0n) is 4.97. The molecule has 4 nitrogen and oxygen atoms in total. The third-order valence-electron chi connectivity index (χ3n) is 0.670. The van der Waals surface area contributed by atoms with E-state index in [1.54, 1.807) is 0 Å². The first-order chi connectivity index (χ1) is 3.41. The Morgan fingerprint density at radius 1 is 1.38 bits per heavy atom. The molecule has 0 aliphatic rings. The Morgan fingerprint density at radius 3 is 2.38 bits per heavy atom. The van der Waals surface area contributed by atoms with Gasteiger partial charge in [0.15, 0.2) is 0 Å². The number of rotatable bonds is 4. The van der Waals surface area contributed by atoms with Gasteiger partial charge in [-0.1, -0.05) is 0 Å². The summed E-state index contributed by atoms with van der Waals surface area (Å²) >= 11 is 0. The molecule has 0 unspecified atom stereocenters. The maximum absolute atomic E-state index is 8.20. The van der Waals surface area contributed by atoms with Crippen LogP contribution in [0.1, 0.15) is 12.8 Å². The summed E-state index contributed by atoms with van der Waals surface area (Å²) in [6, 6.07) is 0. The maximum Gasteiger partial charge on any atom is 0.0680 e. The Kier molecular flexibility index (Phi) is 13.4. The van der Waals surface area contributed by atoms with Crippen LogP contribution in [-0.4, -0.2) is 18.3 Å². The van der Waals surface area contributed by atoms with Gasteiger partial charge in [-0.2, -0.15) is 0 Å². The third-order valence-corrected chi connectivity index (χ3v) is 0.670. The molecule has 0 aromatic heterocycles. The summed E-state index contributed by atoms with van der Waals surface area (Å²) in [6.45, 7) is 0.768. The van der Waals surface area contributed by atoms with Gasteiger partial charge >= 0.3 is 0 Å². The van der Waals surface area contributed by atoms with Crippen LogP contribution < -0.4 is 12.0 Å². The van der Waals surface area contributed by atoms with Crippen molar-refractivity contribution in [3.05, 3.63) is 0 Å². The summed E-state index contributed by atoms with van der Waals surface area (Å²) < 4.78 is 0. The first kappa shape index (κ1) is 10.8. The van der Waals surface area contributed by atoms with Gasteiger partial charge < -0.3 is 16.1 Å². The number of aliphatic hydroxyl groups excluding tert-OH is 1. The lowest BCUT2D eigenvalue weighted by atomic mass is 10.3. The SMILES string of the molecule is N.NOCCCCO. The molecule has 0 fully saturated rings. The van der Waals surface area contributed by atoms with E-state index in [2.05, 4.69) is 10.7 Å². The number of hydrogen-bond acceptors (Lipinski definition) is 4. The summed E-state index contributed by atoms with van der Waals surface area (Å²) in [5.74, 6) is 4.69. The summed E-state index contributed by atoms with van der Waals surface area (Å²) in [5, 5.41) is 8.20. The first-order valence-corrected chi connectivity index (χ1v) is 2.34. The molecule has 0 atom stereocenters. The predicted molar refractivity (Wildman–Crippen MR) is 31.5 cm³/mol. The fourth-order valence-corrected chi connectivity index (χ4v) is 0.297. The molecule has 0 aromatic carbocycles. The number of unbranched alkanes of at least 4 members (excludes halogenated alkanes) is 1. The highest BCUT2D eigenvalue weighted by Gasteiger charge is 1.81. The second kappa shape index (κ2) is 9.96. The van der Waals surface area contributed by atoms with Crippen LogP contribution in [0.25, 0.3) is 0 Å². The highest BCUT2D eigenvalue weighted by atomic mass is 16.6. The van der Waals surface area contributed by atoms with E-state index in [1.165, 1.54) is 0 Å². The molecular weight excluding hydrogens is 108 g/mol. The van der Waals surface area contributed by atoms with E-state index < -0.39 is 0 Å². The smallest absolute Gasteiger partial charge is 0.0680 e. The molecule has 0 saturated carbocycles. The number of hydrogen-bond donors (Lipinski definition) is 3. The van der Waals surface area contributed by atoms with Crippen LogP contribution in [0.5, 0.6) is 0 Å². The van der Waals surface area contributed by atoms with Crippen molar-refractivity contribution in [1.82, 2.24) is 6.15 Å². The van der Waals surface area contributed by atoms with Crippen molar-refractivity contribution in [1.29, 1.82) is 0 Å². The van der Waals surface area contributed by atoms with Gasteiger partial charge in [-0.15, -0.1) is 0 Å². The average molecular weight is 122 g/mol. The lowest BCUT2D eigenvalue weighted by molar-refractivity contribution is 0.128. The molecule has 0 spiro atoms. The van der Waals surface area contributed by atoms with Crippen molar-refractivity contribution in [2.75, 3.05) is 13.2 Å². The first-order valence-electron chi connectivity index (χ1n) is 2.34. The molecule has 8 heavy (non-hydrogen) atoms. The second-order valence-electron chi connectivity index (χ2n) is 1.30. The minimum absolute atomic E-state index is 0. The molecule has 0 radical (unpaired) electrons. The average Bonchev–Trinajstić information content (AvgIpc) is 1.69. The zero-order valence-corrected chi connectivity index (χ0v) is 4.97. The van der Waals surface area contributed by atoms with Gasteiger partial charge in [0.1, 0.15) is 0 Å². The Hall–Kier alpha value is -0.160. The van der Waals surface area contributed by atoms with E-state index in [-0.39, 0.29) is 12.8 Å².